The number of carbonyl (C=O) groups is 3. The maximum Gasteiger partial charge on any atom is 0.378 e. The Labute approximate surface area is 81.6 Å². The molecule has 0 saturated heterocycles. The summed E-state index contributed by atoms with van der Waals surface area (Å²) in [5.41, 5.74) is 4.78. The molecule has 8 heteroatoms. The van der Waals surface area contributed by atoms with E-state index in [0.29, 0.717) is 10.8 Å². The van der Waals surface area contributed by atoms with Crippen molar-refractivity contribution in [2.75, 3.05) is 12.4 Å². The molecule has 0 saturated carbocycles. The molecule has 0 aromatic heterocycles. The molecule has 6 nitrogen and oxygen atoms in total. The first-order valence-corrected chi connectivity index (χ1v) is 5.30. The second kappa shape index (κ2) is 6.61. The third-order valence-corrected chi connectivity index (χ3v) is 2.53. The lowest BCUT2D eigenvalue weighted by atomic mass is 10.8. The van der Waals surface area contributed by atoms with Gasteiger partial charge in [-0.05, 0) is 0 Å². The third-order valence-electron chi connectivity index (χ3n) is 0.642. The molecular weight excluding hydrogens is 218 g/mol. The average Bonchev–Trinajstić information content (AvgIpc) is 2.00. The van der Waals surface area contributed by atoms with Crippen LogP contribution in [0.3, 0.4) is 0 Å². The number of hydrogen-bond acceptors (Lipinski definition) is 6. The van der Waals surface area contributed by atoms with Gasteiger partial charge in [-0.1, -0.05) is 10.8 Å². The minimum absolute atomic E-state index is 0.0210. The predicted octanol–water partition coefficient (Wildman–Crippen LogP) is 0.0743. The number of carbonyl (C=O) groups excluding carboxylic acids is 2. The van der Waals surface area contributed by atoms with Gasteiger partial charge in [-0.15, -0.1) is 0 Å². The van der Waals surface area contributed by atoms with Gasteiger partial charge < -0.3 is 15.6 Å². The van der Waals surface area contributed by atoms with Crippen molar-refractivity contribution in [1.29, 1.82) is 0 Å². The number of nitrogens with two attached hydrogens (primary N) is 1. The summed E-state index contributed by atoms with van der Waals surface area (Å²) in [4.78, 5) is 30.7. The second-order valence-corrected chi connectivity index (χ2v) is 3.98. The highest BCUT2D eigenvalue weighted by Crippen LogP contribution is 2.22. The molecule has 74 valence electrons. The van der Waals surface area contributed by atoms with Gasteiger partial charge in [-0.25, -0.2) is 9.59 Å². The molecule has 0 radical (unpaired) electrons. The van der Waals surface area contributed by atoms with Crippen LogP contribution in [0, 0.1) is 0 Å². The van der Waals surface area contributed by atoms with Crippen molar-refractivity contribution < 1.29 is 24.2 Å². The Balaban J connectivity index is 3.41. The lowest BCUT2D eigenvalue weighted by molar-refractivity contribution is -0.140. The van der Waals surface area contributed by atoms with Crippen LogP contribution in [-0.4, -0.2) is 34.6 Å². The zero-order valence-electron chi connectivity index (χ0n) is 6.39. The maximum atomic E-state index is 10.6. The summed E-state index contributed by atoms with van der Waals surface area (Å²) in [7, 11) is 1.53. The molecule has 0 aromatic carbocycles. The Bertz CT molecular complexity index is 219. The van der Waals surface area contributed by atoms with Crippen LogP contribution in [0.2, 0.25) is 0 Å². The van der Waals surface area contributed by atoms with Crippen LogP contribution in [0.1, 0.15) is 0 Å². The van der Waals surface area contributed by atoms with E-state index in [4.69, 9.17) is 10.8 Å². The van der Waals surface area contributed by atoms with E-state index in [-0.39, 0.29) is 5.75 Å². The van der Waals surface area contributed by atoms with Crippen molar-refractivity contribution in [3.63, 3.8) is 0 Å². The Morgan fingerprint density at radius 3 is 2.46 bits per heavy atom. The average molecular weight is 225 g/mol. The number of carboxylic acid groups (broad SMARTS) is 1. The Hall–Kier alpha value is -0.890. The number of amides is 1. The second-order valence-electron chi connectivity index (χ2n) is 1.74. The summed E-state index contributed by atoms with van der Waals surface area (Å²) in [5.74, 6) is -1.80. The normalized spacial score (nSPS) is 9.23. The molecule has 0 aromatic rings. The van der Waals surface area contributed by atoms with Crippen LogP contribution in [-0.2, 0) is 14.3 Å². The summed E-state index contributed by atoms with van der Waals surface area (Å²) in [5, 5.41) is 7.35. The van der Waals surface area contributed by atoms with E-state index in [9.17, 15) is 14.4 Å². The quantitative estimate of drug-likeness (QED) is 0.503. The van der Waals surface area contributed by atoms with Gasteiger partial charge in [0.1, 0.15) is 0 Å². The first-order valence-electron chi connectivity index (χ1n) is 2.98. The summed E-state index contributed by atoms with van der Waals surface area (Å²) < 4.78 is 4.24. The largest absolute Gasteiger partial charge is 0.479 e. The van der Waals surface area contributed by atoms with E-state index in [0.717, 1.165) is 10.8 Å². The molecule has 0 rings (SSSR count). The summed E-state index contributed by atoms with van der Waals surface area (Å²) in [6.45, 7) is -0.678. The van der Waals surface area contributed by atoms with Crippen molar-refractivity contribution in [3.05, 3.63) is 0 Å². The smallest absolute Gasteiger partial charge is 0.378 e. The molecule has 0 bridgehead atoms. The molecule has 1 amide bonds. The Morgan fingerprint density at radius 1 is 1.38 bits per heavy atom. The van der Waals surface area contributed by atoms with E-state index < -0.39 is 23.8 Å². The van der Waals surface area contributed by atoms with E-state index in [1.165, 1.54) is 0 Å². The molecule has 0 heterocycles. The fraction of sp³-hybridized carbons (Fsp3) is 0.400. The summed E-state index contributed by atoms with van der Waals surface area (Å²) in [6, 6.07) is 0. The summed E-state index contributed by atoms with van der Waals surface area (Å²) in [6.07, 6.45) is 0. The van der Waals surface area contributed by atoms with Crippen LogP contribution < -0.4 is 5.73 Å². The lowest BCUT2D eigenvalue weighted by Gasteiger charge is -1.98. The molecule has 0 aliphatic rings. The molecule has 0 atom stereocenters. The molecule has 0 unspecified atom stereocenters. The molecule has 0 aliphatic carbocycles. The van der Waals surface area contributed by atoms with Crippen LogP contribution in [0.5, 0.6) is 0 Å². The zero-order valence-corrected chi connectivity index (χ0v) is 8.02. The molecule has 0 spiro atoms. The van der Waals surface area contributed by atoms with Crippen molar-refractivity contribution >= 4 is 38.8 Å². The van der Waals surface area contributed by atoms with E-state index in [1.807, 2.05) is 0 Å². The Morgan fingerprint density at radius 2 is 2.00 bits per heavy atom. The number of rotatable bonds is 5. The van der Waals surface area contributed by atoms with Crippen LogP contribution >= 0.6 is 21.6 Å². The van der Waals surface area contributed by atoms with E-state index in [2.05, 4.69) is 4.74 Å². The van der Waals surface area contributed by atoms with Gasteiger partial charge in [0.15, 0.2) is 6.61 Å². The number of aliphatic carboxylic acids is 1. The van der Waals surface area contributed by atoms with E-state index in [1.54, 1.807) is 0 Å². The first-order chi connectivity index (χ1) is 6.02. The van der Waals surface area contributed by atoms with Crippen molar-refractivity contribution in [3.8, 4) is 0 Å². The highest BCUT2D eigenvalue weighted by atomic mass is 33.1. The molecular formula is C5H7NO5S2. The highest BCUT2D eigenvalue weighted by molar-refractivity contribution is 8.82. The topological polar surface area (TPSA) is 107 Å². The fourth-order valence-corrected chi connectivity index (χ4v) is 1.62. The SMILES string of the molecule is NC(=O)CSSC(=O)OCC(=O)O. The van der Waals surface area contributed by atoms with Crippen LogP contribution in [0.25, 0.3) is 0 Å². The number of primary amides is 1. The van der Waals surface area contributed by atoms with Gasteiger partial charge in [-0.3, -0.25) is 4.79 Å². The third kappa shape index (κ3) is 9.02. The van der Waals surface area contributed by atoms with Gasteiger partial charge in [0, 0.05) is 10.8 Å². The van der Waals surface area contributed by atoms with Crippen LogP contribution in [0.4, 0.5) is 4.79 Å². The van der Waals surface area contributed by atoms with Crippen molar-refractivity contribution in [2.45, 2.75) is 0 Å². The highest BCUT2D eigenvalue weighted by Gasteiger charge is 2.07. The van der Waals surface area contributed by atoms with Crippen LogP contribution in [0.15, 0.2) is 0 Å². The van der Waals surface area contributed by atoms with Gasteiger partial charge in [-0.2, -0.15) is 0 Å². The predicted molar refractivity (Wildman–Crippen MR) is 48.2 cm³/mol. The standard InChI is InChI=1S/C5H7NO5S2/c6-3(7)2-12-13-5(10)11-1-4(8)9/h1-2H2,(H2,6,7)(H,8,9). The monoisotopic (exact) mass is 225 g/mol. The van der Waals surface area contributed by atoms with Gasteiger partial charge in [0.25, 0.3) is 0 Å². The number of ether oxygens (including phenoxy) is 1. The minimum atomic E-state index is -1.23. The maximum absolute atomic E-state index is 10.6. The first kappa shape index (κ1) is 12.1. The Kier molecular flexibility index (Phi) is 6.15. The minimum Gasteiger partial charge on any atom is -0.479 e. The number of hydrogen-bond donors (Lipinski definition) is 2. The van der Waals surface area contributed by atoms with E-state index >= 15 is 0 Å². The molecule has 0 aliphatic heterocycles. The number of carboxylic acids is 1. The molecule has 0 fully saturated rings. The summed E-state index contributed by atoms with van der Waals surface area (Å²) >= 11 is 0. The van der Waals surface area contributed by atoms with Gasteiger partial charge in [0.2, 0.25) is 5.91 Å². The van der Waals surface area contributed by atoms with Gasteiger partial charge >= 0.3 is 11.3 Å². The van der Waals surface area contributed by atoms with Gasteiger partial charge in [0.05, 0.1) is 5.75 Å². The molecule has 13 heavy (non-hydrogen) atoms. The van der Waals surface area contributed by atoms with Crippen molar-refractivity contribution in [1.82, 2.24) is 0 Å². The fourth-order valence-electron chi connectivity index (χ4n) is 0.280. The molecule has 3 N–H and O–H groups in total. The lowest BCUT2D eigenvalue weighted by Crippen LogP contribution is -2.13. The zero-order chi connectivity index (χ0) is 10.3. The van der Waals surface area contributed by atoms with Crippen molar-refractivity contribution in [2.24, 2.45) is 5.73 Å².